The highest BCUT2D eigenvalue weighted by Gasteiger charge is 2.44. The predicted molar refractivity (Wildman–Crippen MR) is 100 cm³/mol. The van der Waals surface area contributed by atoms with Crippen LogP contribution in [-0.2, 0) is 4.74 Å². The van der Waals surface area contributed by atoms with Gasteiger partial charge >= 0.3 is 6.09 Å². The molecule has 2 fully saturated rings. The molecule has 1 aromatic heterocycles. The third-order valence-electron chi connectivity index (χ3n) is 4.95. The van der Waals surface area contributed by atoms with E-state index in [0.29, 0.717) is 28.4 Å². The van der Waals surface area contributed by atoms with Crippen LogP contribution in [0.5, 0.6) is 0 Å². The van der Waals surface area contributed by atoms with Crippen LogP contribution in [0.15, 0.2) is 11.4 Å². The molecule has 1 amide bonds. The molecule has 1 heterocycles. The summed E-state index contributed by atoms with van der Waals surface area (Å²) in [5, 5.41) is 2.31. The third-order valence-corrected chi connectivity index (χ3v) is 5.52. The Balaban J connectivity index is 1.93. The van der Waals surface area contributed by atoms with Crippen LogP contribution in [0.3, 0.4) is 0 Å². The summed E-state index contributed by atoms with van der Waals surface area (Å²) < 4.78 is 5.43. The maximum absolute atomic E-state index is 12.4. The molecule has 8 heteroatoms. The Morgan fingerprint density at radius 1 is 1.38 bits per heavy atom. The monoisotopic (exact) mass is 378 g/mol. The van der Waals surface area contributed by atoms with E-state index in [4.69, 9.17) is 4.74 Å². The van der Waals surface area contributed by atoms with Gasteiger partial charge in [0.2, 0.25) is 0 Å². The van der Waals surface area contributed by atoms with E-state index >= 15 is 0 Å². The van der Waals surface area contributed by atoms with Gasteiger partial charge in [-0.2, -0.15) is 0 Å². The van der Waals surface area contributed by atoms with Gasteiger partial charge in [0.1, 0.15) is 5.60 Å². The molecular formula is C18H26N4O3S. The van der Waals surface area contributed by atoms with Crippen LogP contribution in [0.1, 0.15) is 56.8 Å². The van der Waals surface area contributed by atoms with E-state index in [-0.39, 0.29) is 6.04 Å². The van der Waals surface area contributed by atoms with Crippen molar-refractivity contribution in [2.45, 2.75) is 63.3 Å². The summed E-state index contributed by atoms with van der Waals surface area (Å²) in [7, 11) is 0. The zero-order valence-electron chi connectivity index (χ0n) is 15.7. The first-order valence-electron chi connectivity index (χ1n) is 8.96. The molecular weight excluding hydrogens is 352 g/mol. The van der Waals surface area contributed by atoms with Gasteiger partial charge in [0, 0.05) is 6.20 Å². The normalized spacial score (nSPS) is 24.4. The number of nitrogens with zero attached hydrogens (tertiary/aromatic N) is 3. The van der Waals surface area contributed by atoms with E-state index < -0.39 is 11.7 Å². The highest BCUT2D eigenvalue weighted by atomic mass is 32.2. The summed E-state index contributed by atoms with van der Waals surface area (Å²) in [5.41, 5.74) is 2.62. The minimum atomic E-state index is -0.603. The minimum Gasteiger partial charge on any atom is -0.443 e. The smallest absolute Gasteiger partial charge is 0.426 e. The molecule has 3 atom stereocenters. The van der Waals surface area contributed by atoms with Gasteiger partial charge in [-0.15, -0.1) is 0 Å². The molecule has 2 saturated carbocycles. The number of thioether (sulfide) groups is 1. The molecule has 0 unspecified atom stereocenters. The van der Waals surface area contributed by atoms with Crippen molar-refractivity contribution in [1.82, 2.24) is 15.4 Å². The number of aromatic nitrogens is 2. The first kappa shape index (κ1) is 18.9. The number of anilines is 1. The number of fused-ring (bicyclic) bond motifs is 2. The van der Waals surface area contributed by atoms with Crippen molar-refractivity contribution < 1.29 is 14.3 Å². The summed E-state index contributed by atoms with van der Waals surface area (Å²) in [5.74, 6) is 1.61. The first-order valence-corrected chi connectivity index (χ1v) is 10.2. The Morgan fingerprint density at radius 3 is 2.69 bits per heavy atom. The van der Waals surface area contributed by atoms with Crippen LogP contribution in [0.25, 0.3) is 0 Å². The highest BCUT2D eigenvalue weighted by Crippen LogP contribution is 2.47. The van der Waals surface area contributed by atoms with Gasteiger partial charge in [-0.05, 0) is 58.1 Å². The predicted octanol–water partition coefficient (Wildman–Crippen LogP) is 3.45. The molecule has 26 heavy (non-hydrogen) atoms. The summed E-state index contributed by atoms with van der Waals surface area (Å²) in [6.45, 7) is 5.46. The second kappa shape index (κ2) is 7.42. The van der Waals surface area contributed by atoms with Crippen LogP contribution in [0, 0.1) is 11.8 Å². The van der Waals surface area contributed by atoms with Crippen LogP contribution < -0.4 is 10.4 Å². The summed E-state index contributed by atoms with van der Waals surface area (Å²) >= 11 is 1.40. The van der Waals surface area contributed by atoms with E-state index in [1.54, 1.807) is 5.01 Å². The molecule has 1 aromatic rings. The number of nitrogens with one attached hydrogen (secondary N) is 1. The number of hydrogen-bond donors (Lipinski definition) is 1. The van der Waals surface area contributed by atoms with Gasteiger partial charge in [0.15, 0.2) is 17.3 Å². The number of ether oxygens (including phenoxy) is 1. The molecule has 0 saturated heterocycles. The molecule has 0 radical (unpaired) electrons. The molecule has 0 aromatic carbocycles. The maximum atomic E-state index is 12.4. The number of amides is 1. The zero-order valence-corrected chi connectivity index (χ0v) is 16.5. The second-order valence-electron chi connectivity index (χ2n) is 7.98. The quantitative estimate of drug-likeness (QED) is 0.363. The Kier molecular flexibility index (Phi) is 5.41. The van der Waals surface area contributed by atoms with E-state index in [9.17, 15) is 9.59 Å². The van der Waals surface area contributed by atoms with Crippen molar-refractivity contribution in [3.05, 3.63) is 11.8 Å². The zero-order chi connectivity index (χ0) is 18.9. The molecule has 142 valence electrons. The molecule has 2 aliphatic carbocycles. The van der Waals surface area contributed by atoms with E-state index in [2.05, 4.69) is 15.4 Å². The van der Waals surface area contributed by atoms with E-state index in [1.807, 2.05) is 27.0 Å². The lowest BCUT2D eigenvalue weighted by molar-refractivity contribution is 0.0509. The second-order valence-corrected chi connectivity index (χ2v) is 8.75. The Hall–Kier alpha value is -1.83. The Morgan fingerprint density at radius 2 is 2.15 bits per heavy atom. The van der Waals surface area contributed by atoms with Crippen LogP contribution in [0.2, 0.25) is 0 Å². The van der Waals surface area contributed by atoms with E-state index in [1.165, 1.54) is 24.4 Å². The molecule has 2 aliphatic rings. The largest absolute Gasteiger partial charge is 0.443 e. The Bertz CT molecular complexity index is 692. The van der Waals surface area contributed by atoms with Crippen molar-refractivity contribution in [2.75, 3.05) is 11.3 Å². The summed E-state index contributed by atoms with van der Waals surface area (Å²) in [4.78, 5) is 32.7. The van der Waals surface area contributed by atoms with Gasteiger partial charge in [0.05, 0.1) is 11.6 Å². The summed E-state index contributed by atoms with van der Waals surface area (Å²) in [6.07, 6.45) is 8.10. The highest BCUT2D eigenvalue weighted by molar-refractivity contribution is 7.98. The van der Waals surface area contributed by atoms with Crippen LogP contribution in [-0.4, -0.2) is 40.2 Å². The van der Waals surface area contributed by atoms with Gasteiger partial charge in [-0.1, -0.05) is 18.2 Å². The van der Waals surface area contributed by atoms with E-state index in [0.717, 1.165) is 25.5 Å². The van der Waals surface area contributed by atoms with Crippen molar-refractivity contribution in [3.8, 4) is 0 Å². The summed E-state index contributed by atoms with van der Waals surface area (Å²) in [6, 6.07) is 0.115. The van der Waals surface area contributed by atoms with Crippen molar-refractivity contribution >= 4 is 30.0 Å². The Labute approximate surface area is 158 Å². The lowest BCUT2D eigenvalue weighted by Crippen LogP contribution is -2.53. The lowest BCUT2D eigenvalue weighted by Gasteiger charge is -2.36. The fraction of sp³-hybridized carbons (Fsp3) is 0.667. The van der Waals surface area contributed by atoms with Gasteiger partial charge < -0.3 is 4.74 Å². The van der Waals surface area contributed by atoms with Crippen molar-refractivity contribution in [2.24, 2.45) is 11.8 Å². The fourth-order valence-corrected chi connectivity index (χ4v) is 4.30. The third kappa shape index (κ3) is 4.11. The number of hydrazine groups is 1. The van der Waals surface area contributed by atoms with Crippen molar-refractivity contribution in [3.63, 3.8) is 0 Å². The number of hydrogen-bond acceptors (Lipinski definition) is 7. The number of carbonyl (C=O) groups excluding carboxylic acids is 2. The topological polar surface area (TPSA) is 84.4 Å². The van der Waals surface area contributed by atoms with Crippen LogP contribution in [0.4, 0.5) is 10.6 Å². The molecule has 7 nitrogen and oxygen atoms in total. The molecule has 1 N–H and O–H groups in total. The lowest BCUT2D eigenvalue weighted by atomic mass is 9.94. The van der Waals surface area contributed by atoms with Gasteiger partial charge in [-0.3, -0.25) is 9.80 Å². The molecule has 0 spiro atoms. The maximum Gasteiger partial charge on any atom is 0.426 e. The molecule has 0 aliphatic heterocycles. The number of carbonyl (C=O) groups is 2. The minimum absolute atomic E-state index is 0.115. The number of aldehydes is 1. The molecule has 3 rings (SSSR count). The van der Waals surface area contributed by atoms with Gasteiger partial charge in [0.25, 0.3) is 0 Å². The van der Waals surface area contributed by atoms with Gasteiger partial charge in [-0.25, -0.2) is 20.2 Å². The SMILES string of the molecule is CSc1ncc(C=O)c(N(NC(=O)OC(C)(C)C)[C@H]2C[C@H]3CC[C@@H]2C3)n1. The average Bonchev–Trinajstić information content (AvgIpc) is 3.20. The number of rotatable bonds is 5. The molecule has 2 bridgehead atoms. The average molecular weight is 378 g/mol. The fourth-order valence-electron chi connectivity index (χ4n) is 3.96. The first-order chi connectivity index (χ1) is 12.3. The standard InChI is InChI=1S/C18H26N4O3S/c1-18(2,3)25-17(24)21-22(14-8-11-5-6-12(14)7-11)15-13(10-23)9-19-16(20-15)26-4/h9-12,14H,5-8H2,1-4H3,(H,21,24)/t11-,12+,14-/m0/s1. The van der Waals surface area contributed by atoms with Crippen molar-refractivity contribution in [1.29, 1.82) is 0 Å². The van der Waals surface area contributed by atoms with Crippen LogP contribution >= 0.6 is 11.8 Å².